The lowest BCUT2D eigenvalue weighted by molar-refractivity contribution is 0.243. The van der Waals surface area contributed by atoms with Crippen molar-refractivity contribution in [2.75, 3.05) is 6.54 Å². The van der Waals surface area contributed by atoms with E-state index in [9.17, 15) is 4.79 Å². The summed E-state index contributed by atoms with van der Waals surface area (Å²) in [5, 5.41) is 11.7. The molecule has 6 nitrogen and oxygen atoms in total. The zero-order chi connectivity index (χ0) is 16.8. The molecule has 6 heteroatoms. The molecule has 0 aliphatic rings. The van der Waals surface area contributed by atoms with Crippen molar-refractivity contribution >= 4 is 6.03 Å². The molecule has 0 saturated heterocycles. The molecular weight excluding hydrogens is 302 g/mol. The summed E-state index contributed by atoms with van der Waals surface area (Å²) in [6.07, 6.45) is 5.46. The maximum atomic E-state index is 12.4. The average molecular weight is 317 g/mol. The van der Waals surface area contributed by atoms with Crippen LogP contribution in [-0.2, 0) is 6.42 Å². The first-order chi connectivity index (χ1) is 11.8. The maximum absolute atomic E-state index is 12.4. The molecule has 0 aliphatic heterocycles. The average Bonchev–Trinajstić information content (AvgIpc) is 3.12. The van der Waals surface area contributed by atoms with Crippen molar-refractivity contribution in [1.29, 1.82) is 5.26 Å². The molecule has 3 rings (SSSR count). The zero-order valence-electron chi connectivity index (χ0n) is 12.9. The Balaban J connectivity index is 1.67. The first-order valence-corrected chi connectivity index (χ1v) is 7.50. The number of carbonyl (C=O) groups is 1. The SMILES string of the molecule is N#Cc1ccc(-c2nccn2C(=O)NCCc2ccccc2)cn1. The summed E-state index contributed by atoms with van der Waals surface area (Å²) in [5.74, 6) is 0.490. The van der Waals surface area contributed by atoms with Crippen LogP contribution in [-0.4, -0.2) is 27.1 Å². The third-order valence-electron chi connectivity index (χ3n) is 3.53. The molecule has 0 bridgehead atoms. The van der Waals surface area contributed by atoms with Gasteiger partial charge in [-0.3, -0.25) is 4.57 Å². The van der Waals surface area contributed by atoms with Gasteiger partial charge in [0.15, 0.2) is 0 Å². The molecule has 0 aliphatic carbocycles. The summed E-state index contributed by atoms with van der Waals surface area (Å²) < 4.78 is 1.44. The molecule has 3 aromatic rings. The molecule has 0 spiro atoms. The van der Waals surface area contributed by atoms with Crippen LogP contribution in [0.2, 0.25) is 0 Å². The quantitative estimate of drug-likeness (QED) is 0.801. The van der Waals surface area contributed by atoms with E-state index < -0.39 is 0 Å². The molecule has 24 heavy (non-hydrogen) atoms. The van der Waals surface area contributed by atoms with Gasteiger partial charge in [0.25, 0.3) is 0 Å². The summed E-state index contributed by atoms with van der Waals surface area (Å²) in [6, 6.07) is 15.0. The molecular formula is C18H15N5O. The predicted molar refractivity (Wildman–Crippen MR) is 89.1 cm³/mol. The second-order valence-electron chi connectivity index (χ2n) is 5.13. The first kappa shape index (κ1) is 15.4. The van der Waals surface area contributed by atoms with E-state index in [0.717, 1.165) is 6.42 Å². The van der Waals surface area contributed by atoms with Crippen LogP contribution in [0, 0.1) is 11.3 Å². The van der Waals surface area contributed by atoms with Crippen molar-refractivity contribution < 1.29 is 4.79 Å². The van der Waals surface area contributed by atoms with Crippen molar-refractivity contribution in [2.24, 2.45) is 0 Å². The summed E-state index contributed by atoms with van der Waals surface area (Å²) in [4.78, 5) is 20.6. The molecule has 0 fully saturated rings. The fraction of sp³-hybridized carbons (Fsp3) is 0.111. The Labute approximate surface area is 139 Å². The van der Waals surface area contributed by atoms with Gasteiger partial charge in [-0.25, -0.2) is 14.8 Å². The van der Waals surface area contributed by atoms with Gasteiger partial charge in [-0.2, -0.15) is 5.26 Å². The van der Waals surface area contributed by atoms with Crippen molar-refractivity contribution in [2.45, 2.75) is 6.42 Å². The van der Waals surface area contributed by atoms with Crippen LogP contribution in [0.15, 0.2) is 61.1 Å². The van der Waals surface area contributed by atoms with Gasteiger partial charge in [-0.05, 0) is 24.1 Å². The van der Waals surface area contributed by atoms with E-state index in [1.54, 1.807) is 24.5 Å². The van der Waals surface area contributed by atoms with Gasteiger partial charge in [-0.1, -0.05) is 30.3 Å². The molecule has 1 N–H and O–H groups in total. The topological polar surface area (TPSA) is 83.6 Å². The smallest absolute Gasteiger partial charge is 0.327 e. The highest BCUT2D eigenvalue weighted by molar-refractivity contribution is 5.81. The van der Waals surface area contributed by atoms with E-state index in [1.165, 1.54) is 16.3 Å². The summed E-state index contributed by atoms with van der Waals surface area (Å²) in [5.41, 5.74) is 2.17. The van der Waals surface area contributed by atoms with Crippen molar-refractivity contribution in [3.05, 3.63) is 72.3 Å². The van der Waals surface area contributed by atoms with Gasteiger partial charge in [0, 0.05) is 30.7 Å². The second kappa shape index (κ2) is 7.20. The Morgan fingerprint density at radius 3 is 2.71 bits per heavy atom. The lowest BCUT2D eigenvalue weighted by Crippen LogP contribution is -2.30. The number of benzene rings is 1. The summed E-state index contributed by atoms with van der Waals surface area (Å²) in [6.45, 7) is 0.534. The number of imidazole rings is 1. The number of hydrogen-bond acceptors (Lipinski definition) is 4. The first-order valence-electron chi connectivity index (χ1n) is 7.50. The molecule has 118 valence electrons. The highest BCUT2D eigenvalue weighted by atomic mass is 16.2. The van der Waals surface area contributed by atoms with Crippen LogP contribution in [0.5, 0.6) is 0 Å². The molecule has 0 atom stereocenters. The number of carbonyl (C=O) groups excluding carboxylic acids is 1. The minimum atomic E-state index is -0.247. The van der Waals surface area contributed by atoms with Crippen LogP contribution in [0.3, 0.4) is 0 Å². The van der Waals surface area contributed by atoms with Gasteiger partial charge >= 0.3 is 6.03 Å². The minimum Gasteiger partial charge on any atom is -0.337 e. The van der Waals surface area contributed by atoms with Crippen molar-refractivity contribution in [3.8, 4) is 17.5 Å². The molecule has 2 heterocycles. The highest BCUT2D eigenvalue weighted by Gasteiger charge is 2.12. The second-order valence-corrected chi connectivity index (χ2v) is 5.13. The zero-order valence-corrected chi connectivity index (χ0v) is 12.9. The van der Waals surface area contributed by atoms with E-state index >= 15 is 0 Å². The number of pyridine rings is 1. The number of rotatable bonds is 4. The van der Waals surface area contributed by atoms with E-state index in [-0.39, 0.29) is 6.03 Å². The molecule has 0 saturated carbocycles. The number of amides is 1. The van der Waals surface area contributed by atoms with Crippen molar-refractivity contribution in [3.63, 3.8) is 0 Å². The number of hydrogen-bond donors (Lipinski definition) is 1. The largest absolute Gasteiger partial charge is 0.337 e. The van der Waals surface area contributed by atoms with E-state index in [2.05, 4.69) is 15.3 Å². The molecule has 0 radical (unpaired) electrons. The van der Waals surface area contributed by atoms with Crippen LogP contribution in [0.1, 0.15) is 11.3 Å². The fourth-order valence-corrected chi connectivity index (χ4v) is 2.32. The lowest BCUT2D eigenvalue weighted by atomic mass is 10.1. The van der Waals surface area contributed by atoms with Gasteiger partial charge < -0.3 is 5.32 Å². The van der Waals surface area contributed by atoms with Crippen LogP contribution in [0.4, 0.5) is 4.79 Å². The Bertz CT molecular complexity index is 862. The van der Waals surface area contributed by atoms with Gasteiger partial charge in [0.1, 0.15) is 17.6 Å². The van der Waals surface area contributed by atoms with Gasteiger partial charge in [0.05, 0.1) is 0 Å². The Morgan fingerprint density at radius 2 is 2.00 bits per heavy atom. The number of nitrogens with one attached hydrogen (secondary N) is 1. The monoisotopic (exact) mass is 317 g/mol. The number of aromatic nitrogens is 3. The minimum absolute atomic E-state index is 0.247. The van der Waals surface area contributed by atoms with Crippen molar-refractivity contribution in [1.82, 2.24) is 19.9 Å². The van der Waals surface area contributed by atoms with E-state index in [0.29, 0.717) is 23.6 Å². The molecule has 2 aromatic heterocycles. The maximum Gasteiger partial charge on any atom is 0.327 e. The van der Waals surface area contributed by atoms with Crippen LogP contribution in [0.25, 0.3) is 11.4 Å². The predicted octanol–water partition coefficient (Wildman–Crippen LogP) is 2.62. The van der Waals surface area contributed by atoms with E-state index in [1.807, 2.05) is 36.4 Å². The lowest BCUT2D eigenvalue weighted by Gasteiger charge is -2.08. The standard InChI is InChI=1S/C18H15N5O/c19-12-16-7-6-15(13-22-16)17-20-10-11-23(17)18(24)21-9-8-14-4-2-1-3-5-14/h1-7,10-11,13H,8-9H2,(H,21,24). The highest BCUT2D eigenvalue weighted by Crippen LogP contribution is 2.16. The number of nitriles is 1. The Hall–Kier alpha value is -3.46. The van der Waals surface area contributed by atoms with Crippen LogP contribution >= 0.6 is 0 Å². The molecule has 1 aromatic carbocycles. The Morgan fingerprint density at radius 1 is 1.17 bits per heavy atom. The fourth-order valence-electron chi connectivity index (χ4n) is 2.32. The summed E-state index contributed by atoms with van der Waals surface area (Å²) >= 11 is 0. The number of nitrogens with zero attached hydrogens (tertiary/aromatic N) is 4. The molecule has 1 amide bonds. The normalized spacial score (nSPS) is 10.1. The third kappa shape index (κ3) is 3.47. The van der Waals surface area contributed by atoms with Gasteiger partial charge in [-0.15, -0.1) is 0 Å². The third-order valence-corrected chi connectivity index (χ3v) is 3.53. The molecule has 0 unspecified atom stereocenters. The Kier molecular flexibility index (Phi) is 4.63. The summed E-state index contributed by atoms with van der Waals surface area (Å²) in [7, 11) is 0. The van der Waals surface area contributed by atoms with E-state index in [4.69, 9.17) is 5.26 Å². The van der Waals surface area contributed by atoms with Gasteiger partial charge in [0.2, 0.25) is 0 Å². The van der Waals surface area contributed by atoms with Crippen LogP contribution < -0.4 is 5.32 Å².